The van der Waals surface area contributed by atoms with Crippen molar-refractivity contribution in [3.63, 3.8) is 0 Å². The highest BCUT2D eigenvalue weighted by Crippen LogP contribution is 2.43. The first-order valence-corrected chi connectivity index (χ1v) is 15.5. The summed E-state index contributed by atoms with van der Waals surface area (Å²) in [5.41, 5.74) is 3.85. The molecule has 2 saturated carbocycles. The molecular weight excluding hydrogens is 497 g/mol. The lowest BCUT2D eigenvalue weighted by molar-refractivity contribution is -0.137. The fourth-order valence-corrected chi connectivity index (χ4v) is 8.46. The highest BCUT2D eigenvalue weighted by Gasteiger charge is 2.37. The Morgan fingerprint density at radius 3 is 2.21 bits per heavy atom. The number of hydrogen-bond acceptors (Lipinski definition) is 4. The maximum Gasteiger partial charge on any atom is 0.249 e. The third-order valence-corrected chi connectivity index (χ3v) is 10.3. The van der Waals surface area contributed by atoms with Gasteiger partial charge in [-0.25, -0.2) is 4.39 Å². The van der Waals surface area contributed by atoms with Gasteiger partial charge in [0.1, 0.15) is 23.9 Å². The number of benzene rings is 1. The number of carbonyl (C=O) groups excluding carboxylic acids is 2. The molecule has 0 radical (unpaired) electrons. The molecule has 2 fully saturated rings. The molecule has 1 aromatic carbocycles. The van der Waals surface area contributed by atoms with E-state index in [1.807, 2.05) is 0 Å². The van der Waals surface area contributed by atoms with E-state index in [0.717, 1.165) is 73.2 Å². The molecular formula is C31H38FN3O2S. The number of fused-ring (bicyclic) bond motifs is 3. The molecule has 5 nitrogen and oxygen atoms in total. The third-order valence-electron chi connectivity index (χ3n) is 8.94. The molecule has 2 aromatic rings. The zero-order valence-corrected chi connectivity index (χ0v) is 23.0. The van der Waals surface area contributed by atoms with Gasteiger partial charge in [0.25, 0.3) is 0 Å². The maximum absolute atomic E-state index is 14.2. The van der Waals surface area contributed by atoms with E-state index < -0.39 is 0 Å². The summed E-state index contributed by atoms with van der Waals surface area (Å²) in [5.74, 6) is -0.313. The van der Waals surface area contributed by atoms with Crippen LogP contribution in [0.25, 0.3) is 0 Å². The van der Waals surface area contributed by atoms with Crippen LogP contribution in [-0.4, -0.2) is 47.6 Å². The number of rotatable bonds is 5. The predicted molar refractivity (Wildman–Crippen MR) is 151 cm³/mol. The molecule has 0 saturated heterocycles. The highest BCUT2D eigenvalue weighted by molar-refractivity contribution is 7.17. The summed E-state index contributed by atoms with van der Waals surface area (Å²) in [7, 11) is 0. The molecule has 1 aliphatic heterocycles. The number of nitrogens with zero attached hydrogens (tertiary/aromatic N) is 3. The minimum atomic E-state index is -0.288. The van der Waals surface area contributed by atoms with Crippen molar-refractivity contribution in [1.82, 2.24) is 4.90 Å². The maximum atomic E-state index is 14.2. The van der Waals surface area contributed by atoms with E-state index in [1.165, 1.54) is 61.1 Å². The normalized spacial score (nSPS) is 20.9. The first kappa shape index (κ1) is 25.7. The minimum Gasteiger partial charge on any atom is -0.335 e. The Bertz CT molecular complexity index is 1190. The Hall–Kier alpha value is -2.54. The van der Waals surface area contributed by atoms with Gasteiger partial charge in [0, 0.05) is 28.1 Å². The van der Waals surface area contributed by atoms with Crippen LogP contribution in [0.5, 0.6) is 0 Å². The molecule has 0 unspecified atom stereocenters. The summed E-state index contributed by atoms with van der Waals surface area (Å²) < 4.78 is 13.8. The molecule has 0 bridgehead atoms. The lowest BCUT2D eigenvalue weighted by Gasteiger charge is -2.42. The van der Waals surface area contributed by atoms with Crippen molar-refractivity contribution in [3.05, 3.63) is 51.7 Å². The van der Waals surface area contributed by atoms with Crippen molar-refractivity contribution in [2.24, 2.45) is 4.99 Å². The Kier molecular flexibility index (Phi) is 7.64. The molecule has 1 aromatic heterocycles. The van der Waals surface area contributed by atoms with Gasteiger partial charge in [-0.3, -0.25) is 19.5 Å². The van der Waals surface area contributed by atoms with E-state index in [-0.39, 0.29) is 30.7 Å². The predicted octanol–water partition coefficient (Wildman–Crippen LogP) is 6.44. The van der Waals surface area contributed by atoms with Gasteiger partial charge in [-0.05, 0) is 81.2 Å². The van der Waals surface area contributed by atoms with Gasteiger partial charge >= 0.3 is 0 Å². The van der Waals surface area contributed by atoms with Crippen molar-refractivity contribution in [3.8, 4) is 0 Å². The van der Waals surface area contributed by atoms with E-state index in [1.54, 1.807) is 28.4 Å². The molecule has 7 heteroatoms. The van der Waals surface area contributed by atoms with Gasteiger partial charge in [-0.1, -0.05) is 38.5 Å². The average molecular weight is 536 g/mol. The number of aliphatic imine (C=N–C) groups is 1. The largest absolute Gasteiger partial charge is 0.335 e. The van der Waals surface area contributed by atoms with Crippen LogP contribution in [0.3, 0.4) is 0 Å². The molecule has 6 rings (SSSR count). The van der Waals surface area contributed by atoms with E-state index in [9.17, 15) is 14.0 Å². The summed E-state index contributed by atoms with van der Waals surface area (Å²) in [6.45, 7) is 0.0907. The van der Waals surface area contributed by atoms with Crippen LogP contribution in [-0.2, 0) is 22.4 Å². The topological polar surface area (TPSA) is 53.0 Å². The van der Waals surface area contributed by atoms with Crippen LogP contribution >= 0.6 is 11.3 Å². The second-order valence-corrected chi connectivity index (χ2v) is 12.5. The Morgan fingerprint density at radius 2 is 1.55 bits per heavy atom. The SMILES string of the molecule is O=C1CN=C(c2ccc(F)cc2)c2c(sc3c2CCCC3)N1CC(=O)N(C1CCCCC1)C1CCCCC1. The van der Waals surface area contributed by atoms with Gasteiger partial charge < -0.3 is 4.90 Å². The zero-order chi connectivity index (χ0) is 26.1. The highest BCUT2D eigenvalue weighted by atomic mass is 32.1. The first-order valence-electron chi connectivity index (χ1n) is 14.7. The quantitative estimate of drug-likeness (QED) is 0.442. The smallest absolute Gasteiger partial charge is 0.249 e. The van der Waals surface area contributed by atoms with E-state index in [4.69, 9.17) is 4.99 Å². The standard InChI is InChI=1S/C31H38FN3O2S/c32-22-17-15-21(16-18-22)30-29-25-13-7-8-14-26(25)38-31(29)34(27(36)19-33-30)20-28(37)35(23-9-3-1-4-10-23)24-11-5-2-6-12-24/h15-18,23-24H,1-14,19-20H2. The summed E-state index contributed by atoms with van der Waals surface area (Å²) in [5, 5.41) is 0.864. The minimum absolute atomic E-state index is 0.00300. The first-order chi connectivity index (χ1) is 18.6. The lowest BCUT2D eigenvalue weighted by Crippen LogP contribution is -2.53. The summed E-state index contributed by atoms with van der Waals surface area (Å²) >= 11 is 1.67. The van der Waals surface area contributed by atoms with Crippen LogP contribution in [0.2, 0.25) is 0 Å². The summed E-state index contributed by atoms with van der Waals surface area (Å²) in [4.78, 5) is 37.9. The second kappa shape index (κ2) is 11.3. The van der Waals surface area contributed by atoms with Crippen molar-refractivity contribution in [2.75, 3.05) is 18.0 Å². The molecule has 38 heavy (non-hydrogen) atoms. The molecule has 202 valence electrons. The van der Waals surface area contributed by atoms with Gasteiger partial charge in [-0.2, -0.15) is 0 Å². The number of amides is 2. The van der Waals surface area contributed by atoms with Gasteiger partial charge in [0.2, 0.25) is 11.8 Å². The van der Waals surface area contributed by atoms with Crippen molar-refractivity contribution < 1.29 is 14.0 Å². The number of thiophene rings is 1. The molecule has 0 N–H and O–H groups in total. The number of halogens is 1. The van der Waals surface area contributed by atoms with Crippen molar-refractivity contribution in [1.29, 1.82) is 0 Å². The van der Waals surface area contributed by atoms with E-state index >= 15 is 0 Å². The molecule has 0 atom stereocenters. The monoisotopic (exact) mass is 535 g/mol. The van der Waals surface area contributed by atoms with E-state index in [0.29, 0.717) is 12.1 Å². The van der Waals surface area contributed by atoms with Crippen LogP contribution in [0.4, 0.5) is 9.39 Å². The number of carbonyl (C=O) groups is 2. The van der Waals surface area contributed by atoms with Crippen molar-refractivity contribution >= 4 is 33.9 Å². The van der Waals surface area contributed by atoms with E-state index in [2.05, 4.69) is 4.90 Å². The number of hydrogen-bond donors (Lipinski definition) is 0. The molecule has 3 aliphatic carbocycles. The van der Waals surface area contributed by atoms with Gasteiger partial charge in [0.05, 0.1) is 5.71 Å². The number of anilines is 1. The zero-order valence-electron chi connectivity index (χ0n) is 22.2. The van der Waals surface area contributed by atoms with Gasteiger partial charge in [0.15, 0.2) is 0 Å². The lowest BCUT2D eigenvalue weighted by atomic mass is 9.88. The Balaban J connectivity index is 1.36. The third kappa shape index (κ3) is 5.06. The number of aryl methyl sites for hydroxylation is 1. The van der Waals surface area contributed by atoms with Crippen LogP contribution < -0.4 is 4.90 Å². The Labute approximate surface area is 229 Å². The molecule has 2 amide bonds. The van der Waals surface area contributed by atoms with Crippen LogP contribution in [0.1, 0.15) is 98.6 Å². The van der Waals surface area contributed by atoms with Crippen LogP contribution in [0.15, 0.2) is 29.3 Å². The van der Waals surface area contributed by atoms with Gasteiger partial charge in [-0.15, -0.1) is 11.3 Å². The molecule has 0 spiro atoms. The fraction of sp³-hybridized carbons (Fsp3) is 0.581. The fourth-order valence-electron chi connectivity index (χ4n) is 7.05. The molecule has 4 aliphatic rings. The van der Waals surface area contributed by atoms with Crippen molar-refractivity contribution in [2.45, 2.75) is 102 Å². The Morgan fingerprint density at radius 1 is 0.921 bits per heavy atom. The second-order valence-electron chi connectivity index (χ2n) is 11.4. The van der Waals surface area contributed by atoms with Crippen LogP contribution in [0, 0.1) is 5.82 Å². The average Bonchev–Trinajstić information content (AvgIpc) is 3.27. The molecule has 2 heterocycles. The summed E-state index contributed by atoms with van der Waals surface area (Å²) in [6, 6.07) is 7.01. The summed E-state index contributed by atoms with van der Waals surface area (Å²) in [6.07, 6.45) is 15.7.